The van der Waals surface area contributed by atoms with Crippen LogP contribution in [0.5, 0.6) is 0 Å². The Labute approximate surface area is 148 Å². The van der Waals surface area contributed by atoms with Crippen LogP contribution < -0.4 is 10.2 Å². The molecule has 0 bridgehead atoms. The van der Waals surface area contributed by atoms with Gasteiger partial charge in [0.05, 0.1) is 0 Å². The molecule has 0 aromatic rings. The van der Waals surface area contributed by atoms with Gasteiger partial charge in [0.1, 0.15) is 11.6 Å². The van der Waals surface area contributed by atoms with Crippen LogP contribution in [0.3, 0.4) is 0 Å². The van der Waals surface area contributed by atoms with Crippen molar-refractivity contribution in [3.8, 4) is 0 Å². The van der Waals surface area contributed by atoms with Gasteiger partial charge in [-0.05, 0) is 12.8 Å². The predicted octanol–water partition coefficient (Wildman–Crippen LogP) is 0.171. The summed E-state index contributed by atoms with van der Waals surface area (Å²) in [5, 5.41) is 19.8. The van der Waals surface area contributed by atoms with E-state index >= 15 is 0 Å². The number of rotatable bonds is 12. The van der Waals surface area contributed by atoms with Crippen LogP contribution in [-0.2, 0) is 19.2 Å². The number of hydrogen-bond donors (Lipinski definition) is 0. The number of Topliss-reactive ketones (excluding diaryl/α,β-unsaturated/α-hetero) is 2. The molecule has 0 aromatic carbocycles. The van der Waals surface area contributed by atoms with Gasteiger partial charge in [0.25, 0.3) is 0 Å². The SMILES string of the molecule is CCCCCC(=O)CC(=O)[O-].CCCCCC(=O)CC(=O)[O-].[Al+2]. The van der Waals surface area contributed by atoms with Crippen molar-refractivity contribution < 1.29 is 29.4 Å². The van der Waals surface area contributed by atoms with Gasteiger partial charge in [-0.15, -0.1) is 0 Å². The van der Waals surface area contributed by atoms with Crippen LogP contribution >= 0.6 is 0 Å². The molecule has 0 rings (SSSR count). The largest absolute Gasteiger partial charge is 2.00 e. The normalized spacial score (nSPS) is 9.13. The van der Waals surface area contributed by atoms with Crippen LogP contribution in [0.15, 0.2) is 0 Å². The molecule has 0 aromatic heterocycles. The topological polar surface area (TPSA) is 114 Å². The molecule has 0 saturated heterocycles. The maximum Gasteiger partial charge on any atom is 2.00 e. The van der Waals surface area contributed by atoms with E-state index in [1.807, 2.05) is 13.8 Å². The first-order chi connectivity index (χ1) is 10.3. The molecule has 0 heterocycles. The molecule has 1 radical (unpaired) electrons. The third-order valence-electron chi connectivity index (χ3n) is 2.80. The van der Waals surface area contributed by atoms with Crippen molar-refractivity contribution in [2.24, 2.45) is 0 Å². The molecule has 0 saturated carbocycles. The van der Waals surface area contributed by atoms with Gasteiger partial charge in [0.2, 0.25) is 0 Å². The van der Waals surface area contributed by atoms with Crippen LogP contribution in [0.2, 0.25) is 0 Å². The van der Waals surface area contributed by atoms with E-state index in [-0.39, 0.29) is 28.9 Å². The fraction of sp³-hybridized carbons (Fsp3) is 0.750. The second-order valence-corrected chi connectivity index (χ2v) is 5.09. The van der Waals surface area contributed by atoms with Crippen molar-refractivity contribution in [2.75, 3.05) is 0 Å². The number of carbonyl (C=O) groups excluding carboxylic acids is 4. The smallest absolute Gasteiger partial charge is 0.550 e. The van der Waals surface area contributed by atoms with E-state index < -0.39 is 24.8 Å². The van der Waals surface area contributed by atoms with Crippen LogP contribution in [0, 0.1) is 0 Å². The zero-order chi connectivity index (χ0) is 17.4. The number of ketones is 2. The molecule has 6 nitrogen and oxygen atoms in total. The quantitative estimate of drug-likeness (QED) is 0.284. The molecule has 23 heavy (non-hydrogen) atoms. The number of carbonyl (C=O) groups is 4. The van der Waals surface area contributed by atoms with Gasteiger partial charge < -0.3 is 19.8 Å². The Balaban J connectivity index is -0.000000333. The van der Waals surface area contributed by atoms with Crippen molar-refractivity contribution in [2.45, 2.75) is 78.1 Å². The molecule has 0 aliphatic rings. The number of carboxylic acids is 2. The summed E-state index contributed by atoms with van der Waals surface area (Å²) in [4.78, 5) is 41.2. The first kappa shape index (κ1) is 26.7. The predicted molar refractivity (Wildman–Crippen MR) is 83.3 cm³/mol. The third-order valence-corrected chi connectivity index (χ3v) is 2.80. The minimum Gasteiger partial charge on any atom is -0.550 e. The zero-order valence-electron chi connectivity index (χ0n) is 14.1. The second kappa shape index (κ2) is 18.9. The van der Waals surface area contributed by atoms with Crippen molar-refractivity contribution in [3.05, 3.63) is 0 Å². The Bertz CT molecular complexity index is 320. The molecule has 0 aliphatic carbocycles. The van der Waals surface area contributed by atoms with Crippen molar-refractivity contribution >= 4 is 40.9 Å². The van der Waals surface area contributed by atoms with Crippen molar-refractivity contribution in [1.82, 2.24) is 0 Å². The fourth-order valence-corrected chi connectivity index (χ4v) is 1.64. The number of carboxylic acid groups (broad SMARTS) is 2. The van der Waals surface area contributed by atoms with E-state index in [0.717, 1.165) is 38.5 Å². The fourth-order valence-electron chi connectivity index (χ4n) is 1.64. The Hall–Kier alpha value is -1.19. The first-order valence-electron chi connectivity index (χ1n) is 7.76. The van der Waals surface area contributed by atoms with Crippen LogP contribution in [0.4, 0.5) is 0 Å². The standard InChI is InChI=1S/2C8H14O3.Al/c2*1-2-3-4-5-7(9)6-8(10)11;/h2*2-6H2,1H3,(H,10,11);/q;;+2/p-2. The van der Waals surface area contributed by atoms with E-state index in [1.54, 1.807) is 0 Å². The monoisotopic (exact) mass is 341 g/mol. The molecule has 129 valence electrons. The molecule has 0 amide bonds. The Morgan fingerprint density at radius 3 is 1.17 bits per heavy atom. The van der Waals surface area contributed by atoms with Gasteiger partial charge in [-0.3, -0.25) is 9.59 Å². The van der Waals surface area contributed by atoms with E-state index in [4.69, 9.17) is 0 Å². The summed E-state index contributed by atoms with van der Waals surface area (Å²) in [5.41, 5.74) is 0. The van der Waals surface area contributed by atoms with Crippen molar-refractivity contribution in [3.63, 3.8) is 0 Å². The Kier molecular flexibility index (Phi) is 21.9. The third kappa shape index (κ3) is 26.1. The molecule has 7 heteroatoms. The van der Waals surface area contributed by atoms with E-state index in [0.29, 0.717) is 12.8 Å². The van der Waals surface area contributed by atoms with Gasteiger partial charge in [0.15, 0.2) is 0 Å². The molecule has 0 fully saturated rings. The van der Waals surface area contributed by atoms with Gasteiger partial charge in [-0.1, -0.05) is 39.5 Å². The maximum absolute atomic E-state index is 10.7. The summed E-state index contributed by atoms with van der Waals surface area (Å²) < 4.78 is 0. The first-order valence-corrected chi connectivity index (χ1v) is 7.76. The molecular weight excluding hydrogens is 315 g/mol. The molecule has 0 spiro atoms. The molecule has 0 atom stereocenters. The summed E-state index contributed by atoms with van der Waals surface area (Å²) >= 11 is 0. The minimum atomic E-state index is -1.27. The Morgan fingerprint density at radius 2 is 0.957 bits per heavy atom. The number of aliphatic carboxylic acids is 2. The average molecular weight is 341 g/mol. The number of unbranched alkanes of at least 4 members (excludes halogenated alkanes) is 4. The second-order valence-electron chi connectivity index (χ2n) is 5.09. The van der Waals surface area contributed by atoms with Crippen LogP contribution in [0.25, 0.3) is 0 Å². The molecule has 0 aliphatic heterocycles. The number of hydrogen-bond acceptors (Lipinski definition) is 6. The van der Waals surface area contributed by atoms with Crippen LogP contribution in [0.1, 0.15) is 78.1 Å². The summed E-state index contributed by atoms with van der Waals surface area (Å²) in [6.07, 6.45) is 5.54. The van der Waals surface area contributed by atoms with Gasteiger partial charge >= 0.3 is 17.4 Å². The summed E-state index contributed by atoms with van der Waals surface area (Å²) in [7, 11) is 0. The zero-order valence-corrected chi connectivity index (χ0v) is 15.3. The summed E-state index contributed by atoms with van der Waals surface area (Å²) in [6.45, 7) is 4.06. The summed E-state index contributed by atoms with van der Waals surface area (Å²) in [5.74, 6) is -2.99. The van der Waals surface area contributed by atoms with Gasteiger partial charge in [0, 0.05) is 37.6 Å². The molecule has 0 N–H and O–H groups in total. The van der Waals surface area contributed by atoms with E-state index in [1.165, 1.54) is 0 Å². The van der Waals surface area contributed by atoms with Crippen molar-refractivity contribution in [1.29, 1.82) is 0 Å². The minimum absolute atomic E-state index is 0. The molecule has 0 unspecified atom stereocenters. The van der Waals surface area contributed by atoms with E-state index in [2.05, 4.69) is 0 Å². The summed E-state index contributed by atoms with van der Waals surface area (Å²) in [6, 6.07) is 0. The maximum atomic E-state index is 10.7. The Morgan fingerprint density at radius 1 is 0.652 bits per heavy atom. The van der Waals surface area contributed by atoms with Gasteiger partial charge in [-0.25, -0.2) is 0 Å². The van der Waals surface area contributed by atoms with Gasteiger partial charge in [-0.2, -0.15) is 0 Å². The van der Waals surface area contributed by atoms with E-state index in [9.17, 15) is 29.4 Å². The molecular formula is C16H26AlO6. The van der Waals surface area contributed by atoms with Crippen LogP contribution in [-0.4, -0.2) is 40.9 Å². The average Bonchev–Trinajstić information content (AvgIpc) is 2.38.